The van der Waals surface area contributed by atoms with Gasteiger partial charge in [-0.2, -0.15) is 0 Å². The lowest BCUT2D eigenvalue weighted by atomic mass is 9.56. The molecule has 1 aliphatic carbocycles. The molecule has 1 spiro atoms. The van der Waals surface area contributed by atoms with Crippen LogP contribution < -0.4 is 0 Å². The van der Waals surface area contributed by atoms with E-state index >= 15 is 0 Å². The fourth-order valence-electron chi connectivity index (χ4n) is 4.21. The monoisotopic (exact) mass is 315 g/mol. The maximum Gasteiger partial charge on any atom is 0.228 e. The van der Waals surface area contributed by atoms with Crippen LogP contribution in [0.3, 0.4) is 0 Å². The third-order valence-electron chi connectivity index (χ3n) is 5.83. The minimum absolute atomic E-state index is 0.0244. The molecule has 3 heteroatoms. The predicted octanol–water partition coefficient (Wildman–Crippen LogP) is 3.53. The average molecular weight is 315 g/mol. The van der Waals surface area contributed by atoms with E-state index in [1.807, 2.05) is 11.8 Å². The van der Waals surface area contributed by atoms with Crippen molar-refractivity contribution < 1.29 is 9.90 Å². The van der Waals surface area contributed by atoms with Gasteiger partial charge in [-0.25, -0.2) is 0 Å². The van der Waals surface area contributed by atoms with Gasteiger partial charge < -0.3 is 10.0 Å². The molecule has 0 aromatic heterocycles. The van der Waals surface area contributed by atoms with Crippen molar-refractivity contribution in [1.82, 2.24) is 4.90 Å². The van der Waals surface area contributed by atoms with E-state index in [2.05, 4.69) is 38.1 Å². The van der Waals surface area contributed by atoms with Crippen molar-refractivity contribution in [3.05, 3.63) is 35.4 Å². The molecule has 1 saturated carbocycles. The lowest BCUT2D eigenvalue weighted by Gasteiger charge is -2.59. The normalized spacial score (nSPS) is 21.2. The highest BCUT2D eigenvalue weighted by molar-refractivity contribution is 5.80. The summed E-state index contributed by atoms with van der Waals surface area (Å²) in [5, 5.41) is 9.28. The van der Waals surface area contributed by atoms with Crippen molar-refractivity contribution in [2.24, 2.45) is 11.3 Å². The average Bonchev–Trinajstić information content (AvgIpc) is 2.46. The zero-order chi connectivity index (χ0) is 16.6. The molecule has 1 aliphatic heterocycles. The lowest BCUT2D eigenvalue weighted by molar-refractivity contribution is -0.157. The largest absolute Gasteiger partial charge is 0.396 e. The third kappa shape index (κ3) is 3.03. The summed E-state index contributed by atoms with van der Waals surface area (Å²) in [6.45, 7) is 8.20. The van der Waals surface area contributed by atoms with Gasteiger partial charge in [-0.05, 0) is 42.2 Å². The molecule has 1 amide bonds. The van der Waals surface area contributed by atoms with Gasteiger partial charge in [0.15, 0.2) is 0 Å². The van der Waals surface area contributed by atoms with E-state index in [-0.39, 0.29) is 18.4 Å². The van der Waals surface area contributed by atoms with Crippen LogP contribution in [0.2, 0.25) is 0 Å². The van der Waals surface area contributed by atoms with Crippen LogP contribution in [0, 0.1) is 11.3 Å². The van der Waals surface area contributed by atoms with Crippen LogP contribution in [0.15, 0.2) is 24.3 Å². The summed E-state index contributed by atoms with van der Waals surface area (Å²) < 4.78 is 0. The second-order valence-corrected chi connectivity index (χ2v) is 7.91. The highest BCUT2D eigenvalue weighted by Gasteiger charge is 2.54. The first-order chi connectivity index (χ1) is 11.0. The minimum Gasteiger partial charge on any atom is -0.396 e. The molecule has 23 heavy (non-hydrogen) atoms. The van der Waals surface area contributed by atoms with E-state index in [0.717, 1.165) is 19.5 Å². The quantitative estimate of drug-likeness (QED) is 0.903. The van der Waals surface area contributed by atoms with E-state index in [0.29, 0.717) is 17.3 Å². The Labute approximate surface area is 139 Å². The molecule has 3 nitrogen and oxygen atoms in total. The number of nitrogens with zero attached hydrogens (tertiary/aromatic N) is 1. The number of benzene rings is 1. The Balaban J connectivity index is 1.55. The fraction of sp³-hybridized carbons (Fsp3) is 0.650. The van der Waals surface area contributed by atoms with E-state index in [4.69, 9.17) is 0 Å². The van der Waals surface area contributed by atoms with Gasteiger partial charge in [-0.1, -0.05) is 45.0 Å². The third-order valence-corrected chi connectivity index (χ3v) is 5.83. The Bertz CT molecular complexity index is 563. The van der Waals surface area contributed by atoms with Gasteiger partial charge in [0.2, 0.25) is 5.91 Å². The predicted molar refractivity (Wildman–Crippen MR) is 92.4 cm³/mol. The summed E-state index contributed by atoms with van der Waals surface area (Å²) in [5.41, 5.74) is 3.25. The molecule has 0 bridgehead atoms. The molecule has 1 N–H and O–H groups in total. The maximum atomic E-state index is 12.3. The van der Waals surface area contributed by atoms with Crippen LogP contribution in [0.4, 0.5) is 0 Å². The molecule has 126 valence electrons. The molecule has 2 fully saturated rings. The second-order valence-electron chi connectivity index (χ2n) is 7.91. The molecule has 0 radical (unpaired) electrons. The van der Waals surface area contributed by atoms with Crippen molar-refractivity contribution in [2.75, 3.05) is 19.7 Å². The number of carbonyl (C=O) groups excluding carboxylic acids is 1. The highest BCUT2D eigenvalue weighted by Crippen LogP contribution is 2.56. The summed E-state index contributed by atoms with van der Waals surface area (Å²) >= 11 is 0. The fourth-order valence-corrected chi connectivity index (χ4v) is 4.21. The number of rotatable bonds is 5. The van der Waals surface area contributed by atoms with Crippen LogP contribution in [-0.2, 0) is 4.79 Å². The highest BCUT2D eigenvalue weighted by atomic mass is 16.3. The summed E-state index contributed by atoms with van der Waals surface area (Å²) in [7, 11) is 0. The Morgan fingerprint density at radius 3 is 2.61 bits per heavy atom. The zero-order valence-corrected chi connectivity index (χ0v) is 14.6. The molecule has 0 unspecified atom stereocenters. The SMILES string of the molecule is CC[C@H](CO)C(=O)N1CC2(CC(c3cccc(C(C)C)c3)C2)C1. The van der Waals surface area contributed by atoms with E-state index < -0.39 is 0 Å². The number of carbonyl (C=O) groups is 1. The first kappa shape index (κ1) is 16.5. The van der Waals surface area contributed by atoms with E-state index in [1.54, 1.807) is 0 Å². The molecule has 3 rings (SSSR count). The van der Waals surface area contributed by atoms with Gasteiger partial charge in [-0.15, -0.1) is 0 Å². The first-order valence-electron chi connectivity index (χ1n) is 8.97. The Kier molecular flexibility index (Phi) is 4.50. The molecule has 1 atom stereocenters. The number of hydrogen-bond donors (Lipinski definition) is 1. The lowest BCUT2D eigenvalue weighted by Crippen LogP contribution is -2.64. The van der Waals surface area contributed by atoms with Gasteiger partial charge in [0.25, 0.3) is 0 Å². The molecular weight excluding hydrogens is 286 g/mol. The van der Waals surface area contributed by atoms with Gasteiger partial charge in [0.05, 0.1) is 12.5 Å². The molecule has 1 heterocycles. The Morgan fingerprint density at radius 1 is 1.35 bits per heavy atom. The maximum absolute atomic E-state index is 12.3. The first-order valence-corrected chi connectivity index (χ1v) is 8.97. The van der Waals surface area contributed by atoms with Gasteiger partial charge in [0.1, 0.15) is 0 Å². The second kappa shape index (κ2) is 6.27. The standard InChI is InChI=1S/C20H29NO2/c1-4-15(11-22)19(23)21-12-20(13-21)9-18(10-20)17-7-5-6-16(8-17)14(2)3/h5-8,14-15,18,22H,4,9-13H2,1-3H3/t15-/m1/s1. The van der Waals surface area contributed by atoms with Gasteiger partial charge >= 0.3 is 0 Å². The van der Waals surface area contributed by atoms with Crippen LogP contribution in [0.1, 0.15) is 63.0 Å². The number of aliphatic hydroxyl groups is 1. The van der Waals surface area contributed by atoms with E-state index in [1.165, 1.54) is 24.0 Å². The number of hydrogen-bond acceptors (Lipinski definition) is 2. The van der Waals surface area contributed by atoms with E-state index in [9.17, 15) is 9.90 Å². The topological polar surface area (TPSA) is 40.5 Å². The summed E-state index contributed by atoms with van der Waals surface area (Å²) in [4.78, 5) is 14.2. The van der Waals surface area contributed by atoms with Crippen LogP contribution in [0.5, 0.6) is 0 Å². The Morgan fingerprint density at radius 2 is 2.04 bits per heavy atom. The van der Waals surface area contributed by atoms with Crippen molar-refractivity contribution in [2.45, 2.75) is 51.9 Å². The minimum atomic E-state index is -0.203. The number of likely N-dealkylation sites (tertiary alicyclic amines) is 1. The van der Waals surface area contributed by atoms with Gasteiger partial charge in [-0.3, -0.25) is 4.79 Å². The van der Waals surface area contributed by atoms with Crippen LogP contribution in [-0.4, -0.2) is 35.6 Å². The molecular formula is C20H29NO2. The van der Waals surface area contributed by atoms with Gasteiger partial charge in [0, 0.05) is 18.5 Å². The summed E-state index contributed by atoms with van der Waals surface area (Å²) in [6.07, 6.45) is 3.13. The van der Waals surface area contributed by atoms with Crippen molar-refractivity contribution >= 4 is 5.91 Å². The molecule has 1 saturated heterocycles. The number of aliphatic hydroxyl groups excluding tert-OH is 1. The zero-order valence-electron chi connectivity index (χ0n) is 14.6. The Hall–Kier alpha value is -1.35. The van der Waals surface area contributed by atoms with Crippen molar-refractivity contribution in [1.29, 1.82) is 0 Å². The molecule has 1 aromatic carbocycles. The van der Waals surface area contributed by atoms with Crippen LogP contribution in [0.25, 0.3) is 0 Å². The summed E-state index contributed by atoms with van der Waals surface area (Å²) in [6, 6.07) is 9.01. The van der Waals surface area contributed by atoms with Crippen molar-refractivity contribution in [3.63, 3.8) is 0 Å². The molecule has 1 aromatic rings. The van der Waals surface area contributed by atoms with Crippen molar-refractivity contribution in [3.8, 4) is 0 Å². The number of amides is 1. The van der Waals surface area contributed by atoms with Crippen LogP contribution >= 0.6 is 0 Å². The smallest absolute Gasteiger partial charge is 0.228 e. The molecule has 2 aliphatic rings. The summed E-state index contributed by atoms with van der Waals surface area (Å²) in [5.74, 6) is 1.17.